The average molecular weight is 341 g/mol. The molecule has 4 rings (SSSR count). The molecule has 2 aromatic rings. The van der Waals surface area contributed by atoms with Crippen LogP contribution >= 0.6 is 0 Å². The quantitative estimate of drug-likeness (QED) is 0.896. The van der Waals surface area contributed by atoms with Crippen molar-refractivity contribution in [1.29, 1.82) is 0 Å². The van der Waals surface area contributed by atoms with Crippen LogP contribution in [-0.2, 0) is 22.6 Å². The first-order chi connectivity index (χ1) is 12.3. The first-order valence-corrected chi connectivity index (χ1v) is 8.78. The summed E-state index contributed by atoms with van der Waals surface area (Å²) in [5, 5.41) is 2.99. The lowest BCUT2D eigenvalue weighted by Crippen LogP contribution is -2.44. The Morgan fingerprint density at radius 1 is 1.28 bits per heavy atom. The van der Waals surface area contributed by atoms with Crippen LogP contribution in [0.4, 0.5) is 0 Å². The van der Waals surface area contributed by atoms with E-state index in [0.29, 0.717) is 25.0 Å². The van der Waals surface area contributed by atoms with E-state index >= 15 is 0 Å². The van der Waals surface area contributed by atoms with E-state index in [9.17, 15) is 4.79 Å². The molecule has 0 saturated carbocycles. The predicted octanol–water partition coefficient (Wildman–Crippen LogP) is 1.69. The van der Waals surface area contributed by atoms with Gasteiger partial charge in [0.15, 0.2) is 0 Å². The number of amides is 1. The molecule has 0 aromatic carbocycles. The zero-order valence-electron chi connectivity index (χ0n) is 14.1. The topological polar surface area (TPSA) is 67.6 Å². The van der Waals surface area contributed by atoms with E-state index in [1.54, 1.807) is 12.5 Å². The Morgan fingerprint density at radius 2 is 2.24 bits per heavy atom. The summed E-state index contributed by atoms with van der Waals surface area (Å²) in [5.74, 6) is 1.51. The molecule has 2 saturated heterocycles. The van der Waals surface area contributed by atoms with E-state index in [-0.39, 0.29) is 11.8 Å². The fraction of sp³-hybridized carbons (Fsp3) is 0.474. The van der Waals surface area contributed by atoms with Gasteiger partial charge < -0.3 is 14.5 Å². The summed E-state index contributed by atoms with van der Waals surface area (Å²) >= 11 is 0. The SMILES string of the molecule is O=C(NCc1ccco1)[C@@H]1COC[C@H]2CN(Cc3cccnc3)C[C@H]21. The van der Waals surface area contributed by atoms with Crippen LogP contribution in [0.3, 0.4) is 0 Å². The normalized spacial score (nSPS) is 26.3. The number of nitrogens with one attached hydrogen (secondary N) is 1. The lowest BCUT2D eigenvalue weighted by Gasteiger charge is -2.31. The molecule has 4 heterocycles. The molecule has 0 aliphatic carbocycles. The van der Waals surface area contributed by atoms with Crippen LogP contribution < -0.4 is 5.32 Å². The Kier molecular flexibility index (Phi) is 4.81. The molecule has 2 aromatic heterocycles. The van der Waals surface area contributed by atoms with E-state index in [1.807, 2.05) is 24.4 Å². The Morgan fingerprint density at radius 3 is 3.04 bits per heavy atom. The number of aromatic nitrogens is 1. The summed E-state index contributed by atoms with van der Waals surface area (Å²) in [6.07, 6.45) is 5.32. The second-order valence-corrected chi connectivity index (χ2v) is 6.92. The number of hydrogen-bond acceptors (Lipinski definition) is 5. The number of furan rings is 1. The molecule has 2 aliphatic heterocycles. The number of likely N-dealkylation sites (tertiary alicyclic amines) is 1. The van der Waals surface area contributed by atoms with Crippen LogP contribution in [0.25, 0.3) is 0 Å². The molecule has 25 heavy (non-hydrogen) atoms. The van der Waals surface area contributed by atoms with Gasteiger partial charge in [0.25, 0.3) is 0 Å². The maximum absolute atomic E-state index is 12.6. The van der Waals surface area contributed by atoms with Crippen molar-refractivity contribution in [3.8, 4) is 0 Å². The molecular formula is C19H23N3O3. The lowest BCUT2D eigenvalue weighted by atomic mass is 9.82. The zero-order valence-corrected chi connectivity index (χ0v) is 14.1. The Balaban J connectivity index is 1.36. The second-order valence-electron chi connectivity index (χ2n) is 6.92. The van der Waals surface area contributed by atoms with Crippen LogP contribution in [0.5, 0.6) is 0 Å². The molecular weight excluding hydrogens is 318 g/mol. The van der Waals surface area contributed by atoms with E-state index < -0.39 is 0 Å². The van der Waals surface area contributed by atoms with Gasteiger partial charge in [-0.25, -0.2) is 0 Å². The van der Waals surface area contributed by atoms with E-state index in [4.69, 9.17) is 9.15 Å². The Hall–Kier alpha value is -2.18. The fourth-order valence-electron chi connectivity index (χ4n) is 3.96. The summed E-state index contributed by atoms with van der Waals surface area (Å²) in [6.45, 7) is 4.46. The van der Waals surface area contributed by atoms with Crippen molar-refractivity contribution in [3.05, 3.63) is 54.2 Å². The monoisotopic (exact) mass is 341 g/mol. The van der Waals surface area contributed by atoms with Crippen LogP contribution in [0.1, 0.15) is 11.3 Å². The first kappa shape index (κ1) is 16.3. The summed E-state index contributed by atoms with van der Waals surface area (Å²) in [5.41, 5.74) is 1.21. The van der Waals surface area contributed by atoms with Crippen molar-refractivity contribution in [3.63, 3.8) is 0 Å². The molecule has 132 valence electrons. The highest BCUT2D eigenvalue weighted by Gasteiger charge is 2.43. The predicted molar refractivity (Wildman–Crippen MR) is 91.4 cm³/mol. The molecule has 6 nitrogen and oxygen atoms in total. The van der Waals surface area contributed by atoms with Crippen molar-refractivity contribution < 1.29 is 13.9 Å². The number of ether oxygens (including phenoxy) is 1. The minimum Gasteiger partial charge on any atom is -0.467 e. The summed E-state index contributed by atoms with van der Waals surface area (Å²) in [7, 11) is 0. The number of carbonyl (C=O) groups excluding carboxylic acids is 1. The maximum Gasteiger partial charge on any atom is 0.226 e. The van der Waals surface area contributed by atoms with Crippen LogP contribution in [0, 0.1) is 17.8 Å². The van der Waals surface area contributed by atoms with Gasteiger partial charge in [-0.15, -0.1) is 0 Å². The molecule has 2 fully saturated rings. The highest BCUT2D eigenvalue weighted by atomic mass is 16.5. The van der Waals surface area contributed by atoms with Gasteiger partial charge in [-0.1, -0.05) is 6.07 Å². The van der Waals surface area contributed by atoms with Gasteiger partial charge in [-0.05, 0) is 35.6 Å². The molecule has 0 unspecified atom stereocenters. The third-order valence-corrected chi connectivity index (χ3v) is 5.20. The maximum atomic E-state index is 12.6. The third-order valence-electron chi connectivity index (χ3n) is 5.20. The van der Waals surface area contributed by atoms with Gasteiger partial charge in [-0.3, -0.25) is 14.7 Å². The largest absolute Gasteiger partial charge is 0.467 e. The zero-order chi connectivity index (χ0) is 17.1. The van der Waals surface area contributed by atoms with Gasteiger partial charge in [0.05, 0.1) is 31.9 Å². The van der Waals surface area contributed by atoms with Crippen molar-refractivity contribution in [2.75, 3.05) is 26.3 Å². The minimum atomic E-state index is -0.0902. The number of nitrogens with zero attached hydrogens (tertiary/aromatic N) is 2. The molecule has 6 heteroatoms. The average Bonchev–Trinajstić information content (AvgIpc) is 3.29. The first-order valence-electron chi connectivity index (χ1n) is 8.78. The van der Waals surface area contributed by atoms with Crippen molar-refractivity contribution in [1.82, 2.24) is 15.2 Å². The molecule has 0 radical (unpaired) electrons. The summed E-state index contributed by atoms with van der Waals surface area (Å²) in [4.78, 5) is 19.2. The number of pyridine rings is 1. The lowest BCUT2D eigenvalue weighted by molar-refractivity contribution is -0.133. The van der Waals surface area contributed by atoms with Crippen molar-refractivity contribution in [2.24, 2.45) is 17.8 Å². The van der Waals surface area contributed by atoms with E-state index in [0.717, 1.165) is 32.0 Å². The van der Waals surface area contributed by atoms with Gasteiger partial charge in [0.2, 0.25) is 5.91 Å². The molecule has 1 N–H and O–H groups in total. The number of rotatable bonds is 5. The number of carbonyl (C=O) groups is 1. The molecule has 0 bridgehead atoms. The van der Waals surface area contributed by atoms with Crippen molar-refractivity contribution in [2.45, 2.75) is 13.1 Å². The second kappa shape index (κ2) is 7.37. The van der Waals surface area contributed by atoms with Crippen LogP contribution in [0.15, 0.2) is 47.3 Å². The molecule has 1 amide bonds. The number of fused-ring (bicyclic) bond motifs is 1. The van der Waals surface area contributed by atoms with Crippen LogP contribution in [-0.4, -0.2) is 42.1 Å². The third kappa shape index (κ3) is 3.75. The van der Waals surface area contributed by atoms with Crippen LogP contribution in [0.2, 0.25) is 0 Å². The molecule has 3 atom stereocenters. The highest BCUT2D eigenvalue weighted by Crippen LogP contribution is 2.34. The van der Waals surface area contributed by atoms with Gasteiger partial charge in [0.1, 0.15) is 5.76 Å². The van der Waals surface area contributed by atoms with E-state index in [1.165, 1.54) is 5.56 Å². The Labute approximate surface area is 147 Å². The van der Waals surface area contributed by atoms with Gasteiger partial charge in [0, 0.05) is 32.0 Å². The molecule has 0 spiro atoms. The van der Waals surface area contributed by atoms with Gasteiger partial charge >= 0.3 is 0 Å². The van der Waals surface area contributed by atoms with E-state index in [2.05, 4.69) is 21.3 Å². The summed E-state index contributed by atoms with van der Waals surface area (Å²) in [6, 6.07) is 7.76. The number of hydrogen-bond donors (Lipinski definition) is 1. The highest BCUT2D eigenvalue weighted by molar-refractivity contribution is 5.79. The van der Waals surface area contributed by atoms with Crippen molar-refractivity contribution >= 4 is 5.91 Å². The smallest absolute Gasteiger partial charge is 0.226 e. The summed E-state index contributed by atoms with van der Waals surface area (Å²) < 4.78 is 11.0. The standard InChI is InChI=1S/C19H23N3O3/c23-19(21-8-16-4-2-6-25-16)18-13-24-12-15-10-22(11-17(15)18)9-14-3-1-5-20-7-14/h1-7,15,17-18H,8-13H2,(H,21,23)/t15-,17-,18-/m1/s1. The fourth-order valence-corrected chi connectivity index (χ4v) is 3.96. The minimum absolute atomic E-state index is 0.0642. The molecule has 2 aliphatic rings. The van der Waals surface area contributed by atoms with Gasteiger partial charge in [-0.2, -0.15) is 0 Å². The Bertz CT molecular complexity index is 689.